The number of benzene rings is 1. The van der Waals surface area contributed by atoms with Crippen LogP contribution in [0.5, 0.6) is 0 Å². The van der Waals surface area contributed by atoms with Crippen LogP contribution in [0, 0.1) is 6.92 Å². The maximum absolute atomic E-state index is 5.84. The van der Waals surface area contributed by atoms with Crippen LogP contribution in [0.3, 0.4) is 0 Å². The quantitative estimate of drug-likeness (QED) is 0.749. The summed E-state index contributed by atoms with van der Waals surface area (Å²) in [6.45, 7) is 7.09. The highest BCUT2D eigenvalue weighted by Gasteiger charge is 2.29. The van der Waals surface area contributed by atoms with E-state index in [1.165, 1.54) is 43.7 Å². The van der Waals surface area contributed by atoms with Crippen LogP contribution in [0.2, 0.25) is 0 Å². The van der Waals surface area contributed by atoms with Crippen LogP contribution in [0.1, 0.15) is 18.4 Å². The number of nitrogen functional groups attached to an aromatic ring is 1. The van der Waals surface area contributed by atoms with E-state index in [0.29, 0.717) is 0 Å². The second kappa shape index (κ2) is 4.22. The molecule has 0 radical (unpaired) electrons. The Kier molecular flexibility index (Phi) is 2.71. The molecule has 3 heteroatoms. The maximum atomic E-state index is 5.84. The summed E-state index contributed by atoms with van der Waals surface area (Å²) in [4.78, 5) is 5.19. The molecule has 17 heavy (non-hydrogen) atoms. The summed E-state index contributed by atoms with van der Waals surface area (Å²) in [5, 5.41) is 0. The first-order chi connectivity index (χ1) is 8.24. The second-order valence-electron chi connectivity index (χ2n) is 5.31. The van der Waals surface area contributed by atoms with Gasteiger partial charge in [-0.05, 0) is 43.5 Å². The van der Waals surface area contributed by atoms with Crippen LogP contribution in [0.4, 0.5) is 11.4 Å². The number of nitrogens with zero attached hydrogens (tertiary/aromatic N) is 2. The molecular formula is C14H21N3. The first-order valence-electron chi connectivity index (χ1n) is 6.59. The number of hydrogen-bond donors (Lipinski definition) is 1. The minimum atomic E-state index is 0.732. The number of nitrogens with two attached hydrogens (primary N) is 1. The molecule has 92 valence electrons. The van der Waals surface area contributed by atoms with Crippen molar-refractivity contribution >= 4 is 11.4 Å². The molecule has 0 saturated carbocycles. The molecule has 0 aromatic heterocycles. The summed E-state index contributed by atoms with van der Waals surface area (Å²) < 4.78 is 0. The SMILES string of the molecule is Cc1cc(N)ccc1N1CCN2CCC1CC2. The van der Waals surface area contributed by atoms with Crippen LogP contribution in [0.25, 0.3) is 0 Å². The summed E-state index contributed by atoms with van der Waals surface area (Å²) in [5.74, 6) is 0. The van der Waals surface area contributed by atoms with Crippen LogP contribution >= 0.6 is 0 Å². The van der Waals surface area contributed by atoms with Gasteiger partial charge >= 0.3 is 0 Å². The summed E-state index contributed by atoms with van der Waals surface area (Å²) in [6, 6.07) is 7.04. The Balaban J connectivity index is 1.92. The van der Waals surface area contributed by atoms with Gasteiger partial charge in [0, 0.05) is 43.6 Å². The van der Waals surface area contributed by atoms with E-state index >= 15 is 0 Å². The average Bonchev–Trinajstić information content (AvgIpc) is 2.63. The standard InChI is InChI=1S/C14H21N3/c1-11-10-12(15)2-3-14(11)17-9-8-16-6-4-13(17)5-7-16/h2-3,10,13H,4-9,15H2,1H3. The Bertz CT molecular complexity index is 408. The molecule has 0 unspecified atom stereocenters. The van der Waals surface area contributed by atoms with Gasteiger partial charge in [0.15, 0.2) is 0 Å². The second-order valence-corrected chi connectivity index (χ2v) is 5.31. The predicted molar refractivity (Wildman–Crippen MR) is 72.4 cm³/mol. The van der Waals surface area contributed by atoms with Gasteiger partial charge in [-0.25, -0.2) is 0 Å². The van der Waals surface area contributed by atoms with E-state index in [0.717, 1.165) is 18.3 Å². The van der Waals surface area contributed by atoms with Crippen LogP contribution in [-0.4, -0.2) is 37.1 Å². The number of fused-ring (bicyclic) bond motifs is 4. The van der Waals surface area contributed by atoms with Gasteiger partial charge < -0.3 is 15.5 Å². The Morgan fingerprint density at radius 2 is 1.88 bits per heavy atom. The molecule has 3 aliphatic heterocycles. The Morgan fingerprint density at radius 1 is 1.12 bits per heavy atom. The van der Waals surface area contributed by atoms with Crippen molar-refractivity contribution in [2.45, 2.75) is 25.8 Å². The highest BCUT2D eigenvalue weighted by atomic mass is 15.3. The van der Waals surface area contributed by atoms with Crippen molar-refractivity contribution in [3.8, 4) is 0 Å². The first kappa shape index (κ1) is 10.9. The van der Waals surface area contributed by atoms with E-state index in [9.17, 15) is 0 Å². The summed E-state index contributed by atoms with van der Waals surface area (Å²) >= 11 is 0. The normalized spacial score (nSPS) is 28.2. The van der Waals surface area contributed by atoms with E-state index in [-0.39, 0.29) is 0 Å². The Morgan fingerprint density at radius 3 is 2.59 bits per heavy atom. The lowest BCUT2D eigenvalue weighted by Gasteiger charge is -2.34. The van der Waals surface area contributed by atoms with Gasteiger partial charge in [0.1, 0.15) is 0 Å². The van der Waals surface area contributed by atoms with Crippen molar-refractivity contribution in [3.63, 3.8) is 0 Å². The molecule has 0 amide bonds. The fourth-order valence-corrected chi connectivity index (χ4v) is 3.20. The zero-order valence-electron chi connectivity index (χ0n) is 10.5. The van der Waals surface area contributed by atoms with Crippen molar-refractivity contribution in [2.75, 3.05) is 36.8 Å². The Hall–Kier alpha value is -1.22. The van der Waals surface area contributed by atoms with Gasteiger partial charge in [0.2, 0.25) is 0 Å². The molecule has 3 fully saturated rings. The van der Waals surface area contributed by atoms with Gasteiger partial charge in [-0.2, -0.15) is 0 Å². The molecule has 2 bridgehead atoms. The molecule has 3 nitrogen and oxygen atoms in total. The van der Waals surface area contributed by atoms with Gasteiger partial charge in [-0.15, -0.1) is 0 Å². The third-order valence-corrected chi connectivity index (χ3v) is 4.19. The van der Waals surface area contributed by atoms with E-state index in [1.807, 2.05) is 6.07 Å². The topological polar surface area (TPSA) is 32.5 Å². The molecule has 3 saturated heterocycles. The van der Waals surface area contributed by atoms with E-state index in [1.54, 1.807) is 0 Å². The molecule has 1 aromatic rings. The van der Waals surface area contributed by atoms with Crippen molar-refractivity contribution < 1.29 is 0 Å². The molecule has 3 heterocycles. The third kappa shape index (κ3) is 2.00. The zero-order valence-corrected chi connectivity index (χ0v) is 10.5. The lowest BCUT2D eigenvalue weighted by molar-refractivity contribution is 0.250. The minimum Gasteiger partial charge on any atom is -0.399 e. The monoisotopic (exact) mass is 231 g/mol. The van der Waals surface area contributed by atoms with Crippen LogP contribution < -0.4 is 10.6 Å². The van der Waals surface area contributed by atoms with Crippen LogP contribution in [-0.2, 0) is 0 Å². The summed E-state index contributed by atoms with van der Waals surface area (Å²) in [7, 11) is 0. The summed E-state index contributed by atoms with van der Waals surface area (Å²) in [5.41, 5.74) is 9.40. The molecular weight excluding hydrogens is 210 g/mol. The van der Waals surface area contributed by atoms with E-state index in [4.69, 9.17) is 5.73 Å². The van der Waals surface area contributed by atoms with E-state index < -0.39 is 0 Å². The number of aryl methyl sites for hydroxylation is 1. The highest BCUT2D eigenvalue weighted by molar-refractivity contribution is 5.60. The summed E-state index contributed by atoms with van der Waals surface area (Å²) in [6.07, 6.45) is 2.62. The lowest BCUT2D eigenvalue weighted by atomic mass is 10.0. The highest BCUT2D eigenvalue weighted by Crippen LogP contribution is 2.29. The number of hydrogen-bond acceptors (Lipinski definition) is 3. The number of piperidine rings is 1. The first-order valence-corrected chi connectivity index (χ1v) is 6.59. The van der Waals surface area contributed by atoms with Crippen molar-refractivity contribution in [1.29, 1.82) is 0 Å². The maximum Gasteiger partial charge on any atom is 0.0400 e. The Labute approximate surface area is 103 Å². The van der Waals surface area contributed by atoms with Crippen molar-refractivity contribution in [3.05, 3.63) is 23.8 Å². The molecule has 0 spiro atoms. The van der Waals surface area contributed by atoms with Gasteiger partial charge in [-0.1, -0.05) is 0 Å². The van der Waals surface area contributed by atoms with Gasteiger partial charge in [-0.3, -0.25) is 0 Å². The van der Waals surface area contributed by atoms with Crippen molar-refractivity contribution in [2.24, 2.45) is 0 Å². The minimum absolute atomic E-state index is 0.732. The predicted octanol–water partition coefficient (Wildman–Crippen LogP) is 1.86. The molecule has 2 N–H and O–H groups in total. The zero-order chi connectivity index (χ0) is 11.8. The molecule has 0 atom stereocenters. The largest absolute Gasteiger partial charge is 0.399 e. The van der Waals surface area contributed by atoms with E-state index in [2.05, 4.69) is 28.9 Å². The number of anilines is 2. The smallest absolute Gasteiger partial charge is 0.0400 e. The number of rotatable bonds is 1. The van der Waals surface area contributed by atoms with Gasteiger partial charge in [0.25, 0.3) is 0 Å². The molecule has 3 aliphatic rings. The van der Waals surface area contributed by atoms with Crippen LogP contribution in [0.15, 0.2) is 18.2 Å². The van der Waals surface area contributed by atoms with Gasteiger partial charge in [0.05, 0.1) is 0 Å². The average molecular weight is 231 g/mol. The lowest BCUT2D eigenvalue weighted by Crippen LogP contribution is -2.38. The molecule has 1 aromatic carbocycles. The molecule has 4 rings (SSSR count). The fourth-order valence-electron chi connectivity index (χ4n) is 3.20. The fraction of sp³-hybridized carbons (Fsp3) is 0.571. The molecule has 0 aliphatic carbocycles. The van der Waals surface area contributed by atoms with Crippen molar-refractivity contribution in [1.82, 2.24) is 4.90 Å². The third-order valence-electron chi connectivity index (χ3n) is 4.19.